The van der Waals surface area contributed by atoms with Crippen molar-refractivity contribution in [2.75, 3.05) is 29.9 Å². The summed E-state index contributed by atoms with van der Waals surface area (Å²) in [4.78, 5) is 24.4. The second-order valence-electron chi connectivity index (χ2n) is 8.18. The maximum absolute atomic E-state index is 12.9. The van der Waals surface area contributed by atoms with Crippen LogP contribution in [0.3, 0.4) is 0 Å². The first-order valence-electron chi connectivity index (χ1n) is 11.6. The predicted octanol–water partition coefficient (Wildman–Crippen LogP) is 4.79. The lowest BCUT2D eigenvalue weighted by Crippen LogP contribution is -2.26. The van der Waals surface area contributed by atoms with Gasteiger partial charge in [0.1, 0.15) is 5.75 Å². The van der Waals surface area contributed by atoms with Crippen LogP contribution in [0.15, 0.2) is 77.7 Å². The van der Waals surface area contributed by atoms with E-state index in [9.17, 15) is 18.0 Å². The Morgan fingerprint density at radius 3 is 2.17 bits per heavy atom. The molecule has 0 saturated heterocycles. The quantitative estimate of drug-likeness (QED) is 0.294. The van der Waals surface area contributed by atoms with Crippen LogP contribution in [0.1, 0.15) is 35.7 Å². The molecule has 0 spiro atoms. The molecule has 1 N–H and O–H groups in total. The number of hydrogen-bond acceptors (Lipinski definition) is 6. The molecule has 0 aliphatic heterocycles. The molecule has 1 amide bonds. The minimum atomic E-state index is -3.70. The minimum Gasteiger partial charge on any atom is -0.484 e. The van der Waals surface area contributed by atoms with E-state index in [4.69, 9.17) is 9.47 Å². The van der Waals surface area contributed by atoms with Gasteiger partial charge in [-0.2, -0.15) is 0 Å². The van der Waals surface area contributed by atoms with E-state index in [1.54, 1.807) is 72.8 Å². The first-order valence-corrected chi connectivity index (χ1v) is 13.0. The van der Waals surface area contributed by atoms with E-state index < -0.39 is 16.0 Å². The van der Waals surface area contributed by atoms with Crippen LogP contribution < -0.4 is 14.4 Å². The molecule has 0 aromatic heterocycles. The Hall–Kier alpha value is -3.85. The Kier molecular flexibility index (Phi) is 9.08. The summed E-state index contributed by atoms with van der Waals surface area (Å²) in [6.07, 6.45) is 1.75. The summed E-state index contributed by atoms with van der Waals surface area (Å²) in [6, 6.07) is 19.5. The van der Waals surface area contributed by atoms with Crippen molar-refractivity contribution in [3.63, 3.8) is 0 Å². The van der Waals surface area contributed by atoms with Crippen LogP contribution in [-0.4, -0.2) is 40.6 Å². The summed E-state index contributed by atoms with van der Waals surface area (Å²) in [5.74, 6) is -0.359. The molecule has 0 fully saturated rings. The van der Waals surface area contributed by atoms with E-state index >= 15 is 0 Å². The van der Waals surface area contributed by atoms with Gasteiger partial charge in [0, 0.05) is 12.7 Å². The van der Waals surface area contributed by atoms with Gasteiger partial charge in [0.2, 0.25) is 0 Å². The molecule has 9 heteroatoms. The number of esters is 1. The molecule has 3 aromatic carbocycles. The maximum Gasteiger partial charge on any atom is 0.338 e. The number of ether oxygens (including phenoxy) is 2. The lowest BCUT2D eigenvalue weighted by Gasteiger charge is -2.20. The molecule has 36 heavy (non-hydrogen) atoms. The summed E-state index contributed by atoms with van der Waals surface area (Å²) in [5, 5.41) is 2.70. The van der Waals surface area contributed by atoms with Gasteiger partial charge in [0.05, 0.1) is 22.8 Å². The highest BCUT2D eigenvalue weighted by molar-refractivity contribution is 7.92. The van der Waals surface area contributed by atoms with Crippen molar-refractivity contribution < 1.29 is 27.5 Å². The maximum atomic E-state index is 12.9. The zero-order valence-corrected chi connectivity index (χ0v) is 21.4. The third-order valence-electron chi connectivity index (χ3n) is 5.39. The Bertz CT molecular complexity index is 1270. The summed E-state index contributed by atoms with van der Waals surface area (Å²) in [7, 11) is -2.22. The Labute approximate surface area is 211 Å². The summed E-state index contributed by atoms with van der Waals surface area (Å²) in [5.41, 5.74) is 2.36. The smallest absolute Gasteiger partial charge is 0.338 e. The molecule has 0 unspecified atom stereocenters. The largest absolute Gasteiger partial charge is 0.484 e. The fraction of sp³-hybridized carbons (Fsp3) is 0.259. The lowest BCUT2D eigenvalue weighted by atomic mass is 10.2. The van der Waals surface area contributed by atoms with E-state index in [2.05, 4.69) is 5.32 Å². The standard InChI is InChI=1S/C27H30N2O6S/c1-4-5-18-34-27(31)21-8-10-22(11-9-21)28-26(30)19-35-24-14-12-23(13-15-24)29(3)36(32,33)25-16-6-20(2)7-17-25/h6-17H,4-5,18-19H2,1-3H3,(H,28,30). The summed E-state index contributed by atoms with van der Waals surface area (Å²) >= 11 is 0. The third kappa shape index (κ3) is 7.08. The topological polar surface area (TPSA) is 102 Å². The molecule has 3 rings (SSSR count). The molecule has 8 nitrogen and oxygen atoms in total. The van der Waals surface area contributed by atoms with E-state index in [0.29, 0.717) is 29.3 Å². The number of carbonyl (C=O) groups excluding carboxylic acids is 2. The van der Waals surface area contributed by atoms with Crippen LogP contribution in [0.5, 0.6) is 5.75 Å². The molecule has 0 atom stereocenters. The predicted molar refractivity (Wildman–Crippen MR) is 139 cm³/mol. The van der Waals surface area contributed by atoms with Gasteiger partial charge in [0.25, 0.3) is 15.9 Å². The number of nitrogens with one attached hydrogen (secondary N) is 1. The molecule has 0 saturated carbocycles. The number of anilines is 2. The number of benzene rings is 3. The molecule has 0 radical (unpaired) electrons. The Balaban J connectivity index is 1.52. The van der Waals surface area contributed by atoms with Crippen molar-refractivity contribution in [2.24, 2.45) is 0 Å². The van der Waals surface area contributed by atoms with Crippen LogP contribution in [0.2, 0.25) is 0 Å². The van der Waals surface area contributed by atoms with Crippen LogP contribution in [0.4, 0.5) is 11.4 Å². The minimum absolute atomic E-state index is 0.203. The fourth-order valence-electron chi connectivity index (χ4n) is 3.19. The van der Waals surface area contributed by atoms with Crippen molar-refractivity contribution in [1.82, 2.24) is 0 Å². The SMILES string of the molecule is CCCCOC(=O)c1ccc(NC(=O)COc2ccc(N(C)S(=O)(=O)c3ccc(C)cc3)cc2)cc1. The molecule has 190 valence electrons. The summed E-state index contributed by atoms with van der Waals surface area (Å²) < 4.78 is 37.6. The number of hydrogen-bond donors (Lipinski definition) is 1. The first kappa shape index (κ1) is 26.7. The highest BCUT2D eigenvalue weighted by Crippen LogP contribution is 2.24. The van der Waals surface area contributed by atoms with E-state index in [1.807, 2.05) is 13.8 Å². The first-order chi connectivity index (χ1) is 17.2. The Morgan fingerprint density at radius 2 is 1.56 bits per heavy atom. The molecule has 0 heterocycles. The number of nitrogens with zero attached hydrogens (tertiary/aromatic N) is 1. The molecule has 0 bridgehead atoms. The van der Waals surface area contributed by atoms with Gasteiger partial charge in [-0.15, -0.1) is 0 Å². The van der Waals surface area contributed by atoms with Gasteiger partial charge in [-0.1, -0.05) is 31.0 Å². The normalized spacial score (nSPS) is 11.0. The second-order valence-corrected chi connectivity index (χ2v) is 10.2. The number of unbranched alkanes of at least 4 members (excludes halogenated alkanes) is 1. The van der Waals surface area contributed by atoms with Crippen molar-refractivity contribution in [2.45, 2.75) is 31.6 Å². The molecule has 0 aliphatic carbocycles. The number of sulfonamides is 1. The van der Waals surface area contributed by atoms with Gasteiger partial charge in [-0.25, -0.2) is 13.2 Å². The number of aryl methyl sites for hydroxylation is 1. The van der Waals surface area contributed by atoms with Gasteiger partial charge in [0.15, 0.2) is 6.61 Å². The number of rotatable bonds is 11. The molecule has 3 aromatic rings. The van der Waals surface area contributed by atoms with Gasteiger partial charge in [-0.05, 0) is 74.0 Å². The molecular formula is C27H30N2O6S. The third-order valence-corrected chi connectivity index (χ3v) is 7.18. The summed E-state index contributed by atoms with van der Waals surface area (Å²) in [6.45, 7) is 4.05. The average Bonchev–Trinajstić information content (AvgIpc) is 2.88. The van der Waals surface area contributed by atoms with Crippen molar-refractivity contribution in [3.05, 3.63) is 83.9 Å². The van der Waals surface area contributed by atoms with E-state index in [1.165, 1.54) is 11.4 Å². The second kappa shape index (κ2) is 12.2. The van der Waals surface area contributed by atoms with E-state index in [0.717, 1.165) is 18.4 Å². The van der Waals surface area contributed by atoms with Crippen LogP contribution in [-0.2, 0) is 19.6 Å². The number of amides is 1. The zero-order chi connectivity index (χ0) is 26.1. The van der Waals surface area contributed by atoms with Gasteiger partial charge >= 0.3 is 5.97 Å². The monoisotopic (exact) mass is 510 g/mol. The van der Waals surface area contributed by atoms with Gasteiger partial charge < -0.3 is 14.8 Å². The van der Waals surface area contributed by atoms with Crippen molar-refractivity contribution in [1.29, 1.82) is 0 Å². The number of carbonyl (C=O) groups is 2. The van der Waals surface area contributed by atoms with E-state index in [-0.39, 0.29) is 17.4 Å². The van der Waals surface area contributed by atoms with Crippen LogP contribution >= 0.6 is 0 Å². The van der Waals surface area contributed by atoms with Crippen molar-refractivity contribution >= 4 is 33.3 Å². The molecule has 0 aliphatic rings. The Morgan fingerprint density at radius 1 is 0.917 bits per heavy atom. The van der Waals surface area contributed by atoms with Crippen LogP contribution in [0.25, 0.3) is 0 Å². The average molecular weight is 511 g/mol. The van der Waals surface area contributed by atoms with Crippen LogP contribution in [0, 0.1) is 6.92 Å². The molecular weight excluding hydrogens is 480 g/mol. The fourth-order valence-corrected chi connectivity index (χ4v) is 4.38. The van der Waals surface area contributed by atoms with Crippen molar-refractivity contribution in [3.8, 4) is 5.75 Å². The zero-order valence-electron chi connectivity index (χ0n) is 20.6. The highest BCUT2D eigenvalue weighted by atomic mass is 32.2. The lowest BCUT2D eigenvalue weighted by molar-refractivity contribution is -0.118. The highest BCUT2D eigenvalue weighted by Gasteiger charge is 2.21. The van der Waals surface area contributed by atoms with Gasteiger partial charge in [-0.3, -0.25) is 9.10 Å².